The molecule has 0 radical (unpaired) electrons. The predicted octanol–water partition coefficient (Wildman–Crippen LogP) is 5.26. The fraction of sp³-hybridized carbons (Fsp3) is 0.0400. The number of sulfone groups is 1. The Kier molecular flexibility index (Phi) is 4.95. The van der Waals surface area contributed by atoms with Gasteiger partial charge in [-0.05, 0) is 35.4 Å². The first-order chi connectivity index (χ1) is 15.5. The molecule has 0 bridgehead atoms. The molecule has 0 aliphatic heterocycles. The fourth-order valence-electron chi connectivity index (χ4n) is 3.55. The Labute approximate surface area is 185 Å². The first-order valence-corrected chi connectivity index (χ1v) is 11.8. The molecule has 2 aromatic heterocycles. The van der Waals surface area contributed by atoms with Crippen LogP contribution in [0.25, 0.3) is 39.7 Å². The maximum atomic E-state index is 11.9. The molecule has 0 unspecified atom stereocenters. The van der Waals surface area contributed by atoms with E-state index in [0.717, 1.165) is 28.2 Å². The number of oxazole rings is 1. The maximum Gasteiger partial charge on any atom is 0.181 e. The predicted molar refractivity (Wildman–Crippen MR) is 123 cm³/mol. The Balaban J connectivity index is 1.57. The van der Waals surface area contributed by atoms with Crippen molar-refractivity contribution in [3.8, 4) is 39.7 Å². The van der Waals surface area contributed by atoms with E-state index in [2.05, 4.69) is 4.98 Å². The Hall–Kier alpha value is -3.97. The summed E-state index contributed by atoms with van der Waals surface area (Å²) < 4.78 is 31.3. The summed E-state index contributed by atoms with van der Waals surface area (Å²) in [4.78, 5) is 9.08. The lowest BCUT2D eigenvalue weighted by molar-refractivity contribution is 0.570. The zero-order valence-corrected chi connectivity index (χ0v) is 18.0. The standard InChI is InChI=1S/C25H19N3O3S/c1-32(29,30)22-9-5-8-20(14-22)18-10-12-21(13-11-18)28-16-23(24-15-26-17-31-24)27-25(28)19-6-3-2-4-7-19/h2-17H,1H3. The second-order valence-corrected chi connectivity index (χ2v) is 9.41. The summed E-state index contributed by atoms with van der Waals surface area (Å²) in [5, 5.41) is 0. The van der Waals surface area contributed by atoms with Crippen LogP contribution in [0.2, 0.25) is 0 Å². The third kappa shape index (κ3) is 3.86. The number of aromatic nitrogens is 3. The summed E-state index contributed by atoms with van der Waals surface area (Å²) in [6.45, 7) is 0. The van der Waals surface area contributed by atoms with Crippen LogP contribution in [0.5, 0.6) is 0 Å². The lowest BCUT2D eigenvalue weighted by Crippen LogP contribution is -1.97. The van der Waals surface area contributed by atoms with Gasteiger partial charge in [0.1, 0.15) is 11.5 Å². The summed E-state index contributed by atoms with van der Waals surface area (Å²) >= 11 is 0. The van der Waals surface area contributed by atoms with Crippen LogP contribution < -0.4 is 0 Å². The molecule has 5 aromatic rings. The molecule has 0 amide bonds. The molecule has 7 heteroatoms. The summed E-state index contributed by atoms with van der Waals surface area (Å²) in [7, 11) is -3.27. The quantitative estimate of drug-likeness (QED) is 0.372. The molecule has 0 aliphatic rings. The van der Waals surface area contributed by atoms with E-state index in [1.54, 1.807) is 24.4 Å². The average molecular weight is 442 g/mol. The SMILES string of the molecule is CS(=O)(=O)c1cccc(-c2ccc(-n3cc(-c4cnco4)nc3-c3ccccc3)cc2)c1. The molecule has 2 heterocycles. The van der Waals surface area contributed by atoms with Gasteiger partial charge in [-0.25, -0.2) is 18.4 Å². The smallest absolute Gasteiger partial charge is 0.181 e. The zero-order valence-electron chi connectivity index (χ0n) is 17.2. The minimum absolute atomic E-state index is 0.303. The van der Waals surface area contributed by atoms with Gasteiger partial charge in [-0.15, -0.1) is 0 Å². The van der Waals surface area contributed by atoms with E-state index >= 15 is 0 Å². The summed E-state index contributed by atoms with van der Waals surface area (Å²) in [6.07, 6.45) is 6.16. The molecule has 0 fully saturated rings. The molecule has 0 spiro atoms. The van der Waals surface area contributed by atoms with E-state index < -0.39 is 9.84 Å². The Morgan fingerprint density at radius 1 is 0.844 bits per heavy atom. The molecular weight excluding hydrogens is 422 g/mol. The van der Waals surface area contributed by atoms with Gasteiger partial charge in [0.25, 0.3) is 0 Å². The van der Waals surface area contributed by atoms with Gasteiger partial charge in [-0.2, -0.15) is 0 Å². The molecule has 32 heavy (non-hydrogen) atoms. The van der Waals surface area contributed by atoms with E-state index in [-0.39, 0.29) is 0 Å². The van der Waals surface area contributed by atoms with Crippen LogP contribution in [0.4, 0.5) is 0 Å². The van der Waals surface area contributed by atoms with E-state index in [0.29, 0.717) is 16.3 Å². The first kappa shape index (κ1) is 20.0. The molecule has 0 saturated heterocycles. The number of hydrogen-bond donors (Lipinski definition) is 0. The van der Waals surface area contributed by atoms with Crippen molar-refractivity contribution in [3.63, 3.8) is 0 Å². The normalized spacial score (nSPS) is 11.5. The van der Waals surface area contributed by atoms with Crippen molar-refractivity contribution in [2.24, 2.45) is 0 Å². The molecule has 0 saturated carbocycles. The van der Waals surface area contributed by atoms with Gasteiger partial charge in [0.2, 0.25) is 0 Å². The van der Waals surface area contributed by atoms with E-state index in [1.807, 2.05) is 71.4 Å². The van der Waals surface area contributed by atoms with E-state index in [1.165, 1.54) is 12.6 Å². The third-order valence-corrected chi connectivity index (χ3v) is 6.27. The van der Waals surface area contributed by atoms with Crippen molar-refractivity contribution in [2.75, 3.05) is 6.26 Å². The average Bonchev–Trinajstić information content (AvgIpc) is 3.50. The van der Waals surface area contributed by atoms with Crippen molar-refractivity contribution in [1.82, 2.24) is 14.5 Å². The lowest BCUT2D eigenvalue weighted by atomic mass is 10.1. The van der Waals surface area contributed by atoms with Crippen molar-refractivity contribution < 1.29 is 12.8 Å². The van der Waals surface area contributed by atoms with Crippen LogP contribution >= 0.6 is 0 Å². The summed E-state index contributed by atoms with van der Waals surface area (Å²) in [5.41, 5.74) is 4.35. The van der Waals surface area contributed by atoms with Crippen molar-refractivity contribution in [3.05, 3.63) is 97.7 Å². The lowest BCUT2D eigenvalue weighted by Gasteiger charge is -2.10. The van der Waals surface area contributed by atoms with Gasteiger partial charge in [0.05, 0.1) is 11.1 Å². The number of hydrogen-bond acceptors (Lipinski definition) is 5. The van der Waals surface area contributed by atoms with Crippen molar-refractivity contribution in [2.45, 2.75) is 4.90 Å². The minimum atomic E-state index is -3.27. The van der Waals surface area contributed by atoms with Gasteiger partial charge in [-0.3, -0.25) is 4.57 Å². The number of nitrogens with zero attached hydrogens (tertiary/aromatic N) is 3. The number of imidazole rings is 1. The molecular formula is C25H19N3O3S. The van der Waals surface area contributed by atoms with E-state index in [4.69, 9.17) is 9.40 Å². The summed E-state index contributed by atoms with van der Waals surface area (Å²) in [5.74, 6) is 1.37. The Morgan fingerprint density at radius 3 is 2.28 bits per heavy atom. The number of benzene rings is 3. The van der Waals surface area contributed by atoms with Crippen molar-refractivity contribution >= 4 is 9.84 Å². The van der Waals surface area contributed by atoms with Crippen LogP contribution in [0.1, 0.15) is 0 Å². The van der Waals surface area contributed by atoms with Gasteiger partial charge in [-0.1, -0.05) is 54.6 Å². The highest BCUT2D eigenvalue weighted by Crippen LogP contribution is 2.29. The highest BCUT2D eigenvalue weighted by Gasteiger charge is 2.15. The molecule has 5 rings (SSSR count). The molecule has 3 aromatic carbocycles. The van der Waals surface area contributed by atoms with Crippen molar-refractivity contribution in [1.29, 1.82) is 0 Å². The van der Waals surface area contributed by atoms with Crippen LogP contribution in [0, 0.1) is 0 Å². The Morgan fingerprint density at radius 2 is 1.59 bits per heavy atom. The molecule has 0 N–H and O–H groups in total. The second-order valence-electron chi connectivity index (χ2n) is 7.40. The molecule has 158 valence electrons. The largest absolute Gasteiger partial charge is 0.442 e. The van der Waals surface area contributed by atoms with Crippen LogP contribution in [-0.2, 0) is 9.84 Å². The highest BCUT2D eigenvalue weighted by atomic mass is 32.2. The van der Waals surface area contributed by atoms with Crippen LogP contribution in [0.3, 0.4) is 0 Å². The maximum absolute atomic E-state index is 11.9. The molecule has 0 atom stereocenters. The van der Waals surface area contributed by atoms with Gasteiger partial charge in [0, 0.05) is 23.7 Å². The molecule has 0 aliphatic carbocycles. The topological polar surface area (TPSA) is 78.0 Å². The van der Waals surface area contributed by atoms with Gasteiger partial charge >= 0.3 is 0 Å². The minimum Gasteiger partial charge on any atom is -0.442 e. The summed E-state index contributed by atoms with van der Waals surface area (Å²) in [6, 6.07) is 24.8. The van der Waals surface area contributed by atoms with Crippen LogP contribution in [0.15, 0.2) is 107 Å². The van der Waals surface area contributed by atoms with E-state index in [9.17, 15) is 8.42 Å². The highest BCUT2D eigenvalue weighted by molar-refractivity contribution is 7.90. The second kappa shape index (κ2) is 7.94. The van der Waals surface area contributed by atoms with Gasteiger partial charge < -0.3 is 4.42 Å². The zero-order chi connectivity index (χ0) is 22.1. The Bertz CT molecular complexity index is 1470. The first-order valence-electron chi connectivity index (χ1n) is 9.94. The van der Waals surface area contributed by atoms with Gasteiger partial charge in [0.15, 0.2) is 22.0 Å². The van der Waals surface area contributed by atoms with Crippen LogP contribution in [-0.4, -0.2) is 29.2 Å². The molecule has 6 nitrogen and oxygen atoms in total. The number of rotatable bonds is 5. The fourth-order valence-corrected chi connectivity index (χ4v) is 4.22. The third-order valence-electron chi connectivity index (χ3n) is 5.16. The monoisotopic (exact) mass is 441 g/mol.